The van der Waals surface area contributed by atoms with E-state index in [1.807, 2.05) is 78.9 Å². The molecule has 7 unspecified atom stereocenters. The van der Waals surface area contributed by atoms with Crippen molar-refractivity contribution in [3.8, 4) is 22.6 Å². The molecule has 2 saturated heterocycles. The molecule has 4 N–H and O–H groups in total. The van der Waals surface area contributed by atoms with Crippen LogP contribution in [0, 0.1) is 11.8 Å². The van der Waals surface area contributed by atoms with Crippen LogP contribution in [-0.2, 0) is 27.4 Å². The Morgan fingerprint density at radius 3 is 2.19 bits per heavy atom. The quantitative estimate of drug-likeness (QED) is 0.0986. The number of benzene rings is 5. The maximum atomic E-state index is 13.9. The second kappa shape index (κ2) is 19.9. The molecular weight excluding hydrogens is 789 g/mol. The molecule has 3 fully saturated rings. The lowest BCUT2D eigenvalue weighted by Crippen LogP contribution is -2.61. The maximum Gasteiger partial charge on any atom is 0.319 e. The van der Waals surface area contributed by atoms with Gasteiger partial charge in [-0.3, -0.25) is 9.69 Å². The van der Waals surface area contributed by atoms with Crippen molar-refractivity contribution in [1.29, 1.82) is 0 Å². The van der Waals surface area contributed by atoms with Crippen LogP contribution in [0.2, 0.25) is 0 Å². The predicted molar refractivity (Wildman–Crippen MR) is 247 cm³/mol. The fraction of sp³-hybridized carbons (Fsp3) is 0.396. The average molecular weight is 851 g/mol. The number of nitrogens with zero attached hydrogens (tertiary/aromatic N) is 1. The number of likely N-dealkylation sites (tertiary alicyclic amines) is 1. The number of aliphatic hydroxyl groups excluding tert-OH is 1. The molecule has 5 aromatic carbocycles. The fourth-order valence-corrected chi connectivity index (χ4v) is 9.55. The lowest BCUT2D eigenvalue weighted by Gasteiger charge is -2.51. The normalized spacial score (nSPS) is 23.9. The third-order valence-corrected chi connectivity index (χ3v) is 12.8. The lowest BCUT2D eigenvalue weighted by molar-refractivity contribution is -0.278. The Labute approximate surface area is 372 Å². The minimum atomic E-state index is -0.627. The Balaban J connectivity index is 0.957. The van der Waals surface area contributed by atoms with Crippen molar-refractivity contribution in [1.82, 2.24) is 15.5 Å². The highest BCUT2D eigenvalue weighted by Crippen LogP contribution is 2.45. The number of nitrogens with one attached hydrogen (secondary N) is 3. The Morgan fingerprint density at radius 1 is 0.746 bits per heavy atom. The van der Waals surface area contributed by atoms with Gasteiger partial charge in [0.1, 0.15) is 11.5 Å². The highest BCUT2D eigenvalue weighted by molar-refractivity contribution is 5.89. The SMILES string of the molecule is CC1C(CN2C(C(=O)NC(C)(C)C)CCC3CCCCC32)OC(c2ccc(-c3cccc(CNC(=O)Nc4ccc(Oc5ccccc5)cc4)c3)cc2)OC1c1ccc(CO)cc1. The minimum Gasteiger partial charge on any atom is -0.457 e. The van der Waals surface area contributed by atoms with Crippen LogP contribution >= 0.6 is 0 Å². The monoisotopic (exact) mass is 850 g/mol. The largest absolute Gasteiger partial charge is 0.457 e. The first-order valence-corrected chi connectivity index (χ1v) is 22.6. The molecule has 1 aliphatic carbocycles. The predicted octanol–water partition coefficient (Wildman–Crippen LogP) is 10.7. The Bertz CT molecular complexity index is 2280. The summed E-state index contributed by atoms with van der Waals surface area (Å²) in [6.45, 7) is 9.33. The number of ether oxygens (including phenoxy) is 3. The number of rotatable bonds is 12. The average Bonchev–Trinajstić information content (AvgIpc) is 3.29. The summed E-state index contributed by atoms with van der Waals surface area (Å²) in [6.07, 6.45) is 5.59. The maximum absolute atomic E-state index is 13.9. The Hall–Kier alpha value is -5.52. The summed E-state index contributed by atoms with van der Waals surface area (Å²) in [5, 5.41) is 19.0. The summed E-state index contributed by atoms with van der Waals surface area (Å²) in [5.74, 6) is 2.13. The summed E-state index contributed by atoms with van der Waals surface area (Å²) in [4.78, 5) is 29.3. The molecule has 10 heteroatoms. The van der Waals surface area contributed by atoms with Gasteiger partial charge in [0.15, 0.2) is 6.29 Å². The molecule has 0 spiro atoms. The molecule has 3 aliphatic rings. The molecule has 2 aliphatic heterocycles. The number of para-hydroxylation sites is 1. The van der Waals surface area contributed by atoms with E-state index in [1.54, 1.807) is 0 Å². The van der Waals surface area contributed by atoms with E-state index < -0.39 is 6.29 Å². The van der Waals surface area contributed by atoms with Crippen LogP contribution in [0.25, 0.3) is 11.1 Å². The number of hydrogen-bond donors (Lipinski definition) is 4. The van der Waals surface area contributed by atoms with Crippen LogP contribution < -0.4 is 20.7 Å². The van der Waals surface area contributed by atoms with Gasteiger partial charge in [0, 0.05) is 41.8 Å². The molecule has 330 valence electrons. The van der Waals surface area contributed by atoms with E-state index >= 15 is 0 Å². The number of urea groups is 1. The van der Waals surface area contributed by atoms with Crippen LogP contribution in [0.5, 0.6) is 11.5 Å². The van der Waals surface area contributed by atoms with E-state index in [-0.39, 0.29) is 48.3 Å². The van der Waals surface area contributed by atoms with Gasteiger partial charge in [-0.15, -0.1) is 0 Å². The van der Waals surface area contributed by atoms with Gasteiger partial charge in [-0.05, 0) is 123 Å². The number of carbonyl (C=O) groups excluding carboxylic acids is 2. The van der Waals surface area contributed by atoms with Crippen LogP contribution in [0.1, 0.15) is 101 Å². The summed E-state index contributed by atoms with van der Waals surface area (Å²) >= 11 is 0. The summed E-state index contributed by atoms with van der Waals surface area (Å²) in [7, 11) is 0. The van der Waals surface area contributed by atoms with Crippen molar-refractivity contribution in [2.75, 3.05) is 11.9 Å². The van der Waals surface area contributed by atoms with Gasteiger partial charge in [-0.1, -0.05) is 105 Å². The molecule has 5 aromatic rings. The van der Waals surface area contributed by atoms with Crippen molar-refractivity contribution in [3.63, 3.8) is 0 Å². The highest BCUT2D eigenvalue weighted by Gasteiger charge is 2.46. The van der Waals surface area contributed by atoms with E-state index in [1.165, 1.54) is 19.3 Å². The standard InChI is InChI=1S/C53H62N4O6/c1-35-48(33-57-46-16-9-8-12-39(46)25-30-47(57)50(59)56-53(2,3)4)62-51(63-49(35)40-19-17-36(34-58)18-20-40)41-23-21-38(22-24-41)42-13-10-11-37(31-42)32-54-52(60)55-43-26-28-45(29-27-43)61-44-14-6-5-7-15-44/h5-7,10-11,13-15,17-24,26-29,31,35,39,46-49,51,58H,8-9,12,16,25,30,32-34H2,1-4H3,(H,56,59)(H2,54,55,60). The molecule has 0 radical (unpaired) electrons. The van der Waals surface area contributed by atoms with Gasteiger partial charge < -0.3 is 35.3 Å². The zero-order valence-electron chi connectivity index (χ0n) is 37.0. The second-order valence-corrected chi connectivity index (χ2v) is 18.5. The molecular formula is C53H62N4O6. The van der Waals surface area contributed by atoms with Gasteiger partial charge in [0.2, 0.25) is 5.91 Å². The van der Waals surface area contributed by atoms with Crippen molar-refractivity contribution >= 4 is 17.6 Å². The molecule has 0 bridgehead atoms. The first kappa shape index (κ1) is 44.1. The number of carbonyl (C=O) groups is 2. The van der Waals surface area contributed by atoms with E-state index in [9.17, 15) is 14.7 Å². The zero-order valence-corrected chi connectivity index (χ0v) is 37.0. The van der Waals surface area contributed by atoms with Crippen LogP contribution in [0.15, 0.2) is 127 Å². The van der Waals surface area contributed by atoms with Crippen molar-refractivity contribution in [2.45, 2.75) is 115 Å². The summed E-state index contributed by atoms with van der Waals surface area (Å²) in [5.41, 5.74) is 6.18. The number of fused-ring (bicyclic) bond motifs is 1. The van der Waals surface area contributed by atoms with Gasteiger partial charge >= 0.3 is 6.03 Å². The number of anilines is 1. The minimum absolute atomic E-state index is 0.00528. The highest BCUT2D eigenvalue weighted by atomic mass is 16.7. The number of hydrogen-bond acceptors (Lipinski definition) is 7. The molecule has 2 heterocycles. The van der Waals surface area contributed by atoms with Crippen molar-refractivity contribution in [2.24, 2.45) is 11.8 Å². The number of aliphatic hydroxyl groups is 1. The van der Waals surface area contributed by atoms with Gasteiger partial charge in [0.25, 0.3) is 0 Å². The van der Waals surface area contributed by atoms with E-state index in [0.717, 1.165) is 58.4 Å². The van der Waals surface area contributed by atoms with Crippen LogP contribution in [-0.4, -0.2) is 52.2 Å². The topological polar surface area (TPSA) is 121 Å². The number of piperidine rings is 1. The smallest absolute Gasteiger partial charge is 0.319 e. The van der Waals surface area contributed by atoms with Gasteiger partial charge in [0.05, 0.1) is 24.9 Å². The van der Waals surface area contributed by atoms with Gasteiger partial charge in [-0.25, -0.2) is 4.79 Å². The molecule has 63 heavy (non-hydrogen) atoms. The van der Waals surface area contributed by atoms with E-state index in [0.29, 0.717) is 36.5 Å². The first-order valence-electron chi connectivity index (χ1n) is 22.6. The van der Waals surface area contributed by atoms with Crippen molar-refractivity contribution < 1.29 is 28.9 Å². The van der Waals surface area contributed by atoms with E-state index in [4.69, 9.17) is 14.2 Å². The fourth-order valence-electron chi connectivity index (χ4n) is 9.55. The Morgan fingerprint density at radius 2 is 1.46 bits per heavy atom. The first-order chi connectivity index (χ1) is 30.5. The Kier molecular flexibility index (Phi) is 13.9. The molecule has 1 saturated carbocycles. The van der Waals surface area contributed by atoms with Crippen LogP contribution in [0.3, 0.4) is 0 Å². The molecule has 8 rings (SSSR count). The van der Waals surface area contributed by atoms with Gasteiger partial charge in [-0.2, -0.15) is 0 Å². The third kappa shape index (κ3) is 11.2. The van der Waals surface area contributed by atoms with E-state index in [2.05, 4.69) is 97.1 Å². The zero-order chi connectivity index (χ0) is 43.9. The third-order valence-electron chi connectivity index (χ3n) is 12.8. The molecule has 3 amide bonds. The molecule has 10 nitrogen and oxygen atoms in total. The number of amides is 3. The lowest BCUT2D eigenvalue weighted by atomic mass is 9.75. The molecule has 7 atom stereocenters. The summed E-state index contributed by atoms with van der Waals surface area (Å²) in [6, 6.07) is 41.2. The molecule has 0 aromatic heterocycles. The van der Waals surface area contributed by atoms with Crippen LogP contribution in [0.4, 0.5) is 10.5 Å². The summed E-state index contributed by atoms with van der Waals surface area (Å²) < 4.78 is 19.7. The second-order valence-electron chi connectivity index (χ2n) is 18.5. The van der Waals surface area contributed by atoms with Crippen molar-refractivity contribution in [3.05, 3.63) is 150 Å².